The van der Waals surface area contributed by atoms with Crippen LogP contribution in [0.25, 0.3) is 16.9 Å². The number of aromatic nitrogens is 2. The smallest absolute Gasteiger partial charge is 0.282 e. The third kappa shape index (κ3) is 3.21. The number of imidazole rings is 1. The number of rotatable bonds is 4. The van der Waals surface area contributed by atoms with Crippen LogP contribution in [0.15, 0.2) is 73.1 Å². The van der Waals surface area contributed by atoms with Crippen LogP contribution in [0, 0.1) is 17.0 Å². The second-order valence-corrected chi connectivity index (χ2v) is 6.36. The molecular weight excluding hydrogens is 356 g/mol. The maximum atomic E-state index is 12.5. The maximum absolute atomic E-state index is 12.5. The van der Waals surface area contributed by atoms with Gasteiger partial charge in [0.25, 0.3) is 11.6 Å². The number of aryl methyl sites for hydroxylation is 1. The first-order valence-electron chi connectivity index (χ1n) is 8.62. The molecule has 4 aromatic rings. The average Bonchev–Trinajstić information content (AvgIpc) is 3.14. The predicted octanol–water partition coefficient (Wildman–Crippen LogP) is 4.47. The lowest BCUT2D eigenvalue weighted by Crippen LogP contribution is -2.13. The van der Waals surface area contributed by atoms with Crippen molar-refractivity contribution in [1.82, 2.24) is 9.38 Å². The second-order valence-electron chi connectivity index (χ2n) is 6.36. The van der Waals surface area contributed by atoms with Gasteiger partial charge in [0.05, 0.1) is 10.6 Å². The van der Waals surface area contributed by atoms with Crippen LogP contribution in [-0.4, -0.2) is 20.2 Å². The highest BCUT2D eigenvalue weighted by Gasteiger charge is 2.19. The highest BCUT2D eigenvalue weighted by Crippen LogP contribution is 2.25. The number of hydrogen-bond donors (Lipinski definition) is 1. The van der Waals surface area contributed by atoms with Gasteiger partial charge in [0, 0.05) is 29.7 Å². The molecule has 7 nitrogen and oxygen atoms in total. The van der Waals surface area contributed by atoms with Crippen molar-refractivity contribution in [3.63, 3.8) is 0 Å². The van der Waals surface area contributed by atoms with Crippen molar-refractivity contribution in [2.75, 3.05) is 5.32 Å². The number of nitrogens with one attached hydrogen (secondary N) is 1. The van der Waals surface area contributed by atoms with Gasteiger partial charge in [-0.05, 0) is 36.8 Å². The van der Waals surface area contributed by atoms with Gasteiger partial charge in [0.1, 0.15) is 11.2 Å². The predicted molar refractivity (Wildman–Crippen MR) is 106 cm³/mol. The summed E-state index contributed by atoms with van der Waals surface area (Å²) in [7, 11) is 0. The zero-order valence-electron chi connectivity index (χ0n) is 15.0. The third-order valence-electron chi connectivity index (χ3n) is 4.44. The summed E-state index contributed by atoms with van der Waals surface area (Å²) in [5, 5.41) is 13.9. The number of benzene rings is 2. The van der Waals surface area contributed by atoms with Gasteiger partial charge in [-0.2, -0.15) is 0 Å². The van der Waals surface area contributed by atoms with Crippen molar-refractivity contribution in [3.05, 3.63) is 94.3 Å². The van der Waals surface area contributed by atoms with E-state index in [2.05, 4.69) is 10.3 Å². The van der Waals surface area contributed by atoms with Crippen molar-refractivity contribution < 1.29 is 9.72 Å². The molecule has 2 aromatic carbocycles. The Morgan fingerprint density at radius 2 is 1.93 bits per heavy atom. The first-order valence-corrected chi connectivity index (χ1v) is 8.62. The summed E-state index contributed by atoms with van der Waals surface area (Å²) in [6.45, 7) is 2.00. The monoisotopic (exact) mass is 372 g/mol. The number of para-hydroxylation sites is 1. The fourth-order valence-electron chi connectivity index (χ4n) is 3.07. The van der Waals surface area contributed by atoms with E-state index in [4.69, 9.17) is 0 Å². The molecule has 0 radical (unpaired) electrons. The molecule has 4 rings (SSSR count). The minimum absolute atomic E-state index is 0.0151. The number of carbonyl (C=O) groups excluding carboxylic acids is 1. The fourth-order valence-corrected chi connectivity index (χ4v) is 3.07. The Bertz CT molecular complexity index is 1210. The summed E-state index contributed by atoms with van der Waals surface area (Å²) in [5.41, 5.74) is 3.86. The molecule has 138 valence electrons. The molecule has 0 aliphatic carbocycles. The van der Waals surface area contributed by atoms with E-state index >= 15 is 0 Å². The van der Waals surface area contributed by atoms with E-state index < -0.39 is 10.8 Å². The first-order chi connectivity index (χ1) is 13.5. The van der Waals surface area contributed by atoms with Gasteiger partial charge < -0.3 is 9.72 Å². The molecule has 1 N–H and O–H groups in total. The number of amides is 1. The summed E-state index contributed by atoms with van der Waals surface area (Å²) in [5.74, 6) is -0.532. The van der Waals surface area contributed by atoms with Crippen LogP contribution in [0.3, 0.4) is 0 Å². The molecule has 1 amide bonds. The second kappa shape index (κ2) is 6.96. The highest BCUT2D eigenvalue weighted by atomic mass is 16.6. The SMILES string of the molecule is Cc1cccn2cc(-c3cccc(NC(=O)c4ccccc4[N+](=O)[O-])c3)nc12. The number of anilines is 1. The van der Waals surface area contributed by atoms with E-state index in [9.17, 15) is 14.9 Å². The van der Waals surface area contributed by atoms with Gasteiger partial charge in [-0.15, -0.1) is 0 Å². The molecule has 0 aliphatic rings. The summed E-state index contributed by atoms with van der Waals surface area (Å²) in [6, 6.07) is 17.1. The lowest BCUT2D eigenvalue weighted by atomic mass is 10.1. The van der Waals surface area contributed by atoms with Gasteiger partial charge in [0.2, 0.25) is 0 Å². The number of fused-ring (bicyclic) bond motifs is 1. The van der Waals surface area contributed by atoms with Crippen LogP contribution in [0.4, 0.5) is 11.4 Å². The van der Waals surface area contributed by atoms with E-state index in [1.165, 1.54) is 18.2 Å². The molecule has 2 aromatic heterocycles. The summed E-state index contributed by atoms with van der Waals surface area (Å²) in [4.78, 5) is 27.8. The number of pyridine rings is 1. The van der Waals surface area contributed by atoms with Gasteiger partial charge in [-0.25, -0.2) is 4.98 Å². The normalized spacial score (nSPS) is 10.8. The molecule has 7 heteroatoms. The molecule has 0 saturated heterocycles. The Hall–Kier alpha value is -4.00. The molecule has 2 heterocycles. The van der Waals surface area contributed by atoms with E-state index in [0.717, 1.165) is 22.5 Å². The van der Waals surface area contributed by atoms with Crippen LogP contribution in [0.5, 0.6) is 0 Å². The van der Waals surface area contributed by atoms with Crippen LogP contribution in [0.2, 0.25) is 0 Å². The molecule has 0 bridgehead atoms. The zero-order valence-corrected chi connectivity index (χ0v) is 15.0. The van der Waals surface area contributed by atoms with Gasteiger partial charge >= 0.3 is 0 Å². The fraction of sp³-hybridized carbons (Fsp3) is 0.0476. The lowest BCUT2D eigenvalue weighted by Gasteiger charge is -2.07. The minimum Gasteiger partial charge on any atom is -0.322 e. The summed E-state index contributed by atoms with van der Waals surface area (Å²) in [6.07, 6.45) is 3.85. The molecule has 0 fully saturated rings. The van der Waals surface area contributed by atoms with Gasteiger partial charge in [-0.1, -0.05) is 30.3 Å². The number of hydrogen-bond acceptors (Lipinski definition) is 4. The number of nitro benzene ring substituents is 1. The first kappa shape index (κ1) is 17.4. The molecule has 0 spiro atoms. The molecule has 0 unspecified atom stereocenters. The van der Waals surface area contributed by atoms with E-state index in [1.807, 2.05) is 41.9 Å². The Labute approximate surface area is 160 Å². The molecular formula is C21H16N4O3. The maximum Gasteiger partial charge on any atom is 0.282 e. The average molecular weight is 372 g/mol. The van der Waals surface area contributed by atoms with Crippen LogP contribution < -0.4 is 5.32 Å². The Kier molecular flexibility index (Phi) is 4.33. The van der Waals surface area contributed by atoms with E-state index in [-0.39, 0.29) is 11.3 Å². The van der Waals surface area contributed by atoms with Gasteiger partial charge in [-0.3, -0.25) is 14.9 Å². The minimum atomic E-state index is -0.565. The van der Waals surface area contributed by atoms with Crippen molar-refractivity contribution in [3.8, 4) is 11.3 Å². The Balaban J connectivity index is 1.65. The van der Waals surface area contributed by atoms with Crippen molar-refractivity contribution >= 4 is 22.9 Å². The van der Waals surface area contributed by atoms with E-state index in [1.54, 1.807) is 24.3 Å². The largest absolute Gasteiger partial charge is 0.322 e. The number of nitrogens with zero attached hydrogens (tertiary/aromatic N) is 3. The van der Waals surface area contributed by atoms with Crippen LogP contribution in [-0.2, 0) is 0 Å². The van der Waals surface area contributed by atoms with Crippen molar-refractivity contribution in [1.29, 1.82) is 0 Å². The molecule has 0 atom stereocenters. The van der Waals surface area contributed by atoms with Crippen LogP contribution >= 0.6 is 0 Å². The van der Waals surface area contributed by atoms with Gasteiger partial charge in [0.15, 0.2) is 0 Å². The molecule has 0 aliphatic heterocycles. The summed E-state index contributed by atoms with van der Waals surface area (Å²) >= 11 is 0. The highest BCUT2D eigenvalue weighted by molar-refractivity contribution is 6.07. The standard InChI is InChI=1S/C21H16N4O3/c1-14-6-5-11-24-13-18(23-20(14)24)15-7-4-8-16(12-15)22-21(26)17-9-2-3-10-19(17)25(27)28/h2-13H,1H3,(H,22,26). The van der Waals surface area contributed by atoms with Crippen molar-refractivity contribution in [2.45, 2.75) is 6.92 Å². The van der Waals surface area contributed by atoms with E-state index in [0.29, 0.717) is 5.69 Å². The molecule has 28 heavy (non-hydrogen) atoms. The Morgan fingerprint density at radius 3 is 2.71 bits per heavy atom. The Morgan fingerprint density at radius 1 is 1.11 bits per heavy atom. The van der Waals surface area contributed by atoms with Crippen LogP contribution in [0.1, 0.15) is 15.9 Å². The topological polar surface area (TPSA) is 89.5 Å². The number of nitro groups is 1. The number of carbonyl (C=O) groups is 1. The quantitative estimate of drug-likeness (QED) is 0.423. The lowest BCUT2D eigenvalue weighted by molar-refractivity contribution is -0.385. The zero-order chi connectivity index (χ0) is 19.7. The molecule has 0 saturated carbocycles. The summed E-state index contributed by atoms with van der Waals surface area (Å²) < 4.78 is 1.95. The third-order valence-corrected chi connectivity index (χ3v) is 4.44. The van der Waals surface area contributed by atoms with Crippen molar-refractivity contribution in [2.24, 2.45) is 0 Å².